The van der Waals surface area contributed by atoms with Gasteiger partial charge >= 0.3 is 0 Å². The predicted octanol–water partition coefficient (Wildman–Crippen LogP) is 4.72. The van der Waals surface area contributed by atoms with Gasteiger partial charge in [-0.2, -0.15) is 0 Å². The first kappa shape index (κ1) is 14.4. The van der Waals surface area contributed by atoms with Crippen molar-refractivity contribution in [3.63, 3.8) is 0 Å². The summed E-state index contributed by atoms with van der Waals surface area (Å²) in [7, 11) is 0. The average Bonchev–Trinajstić information content (AvgIpc) is 2.58. The standard InChI is InChI=1S/C20H19NO/c21-20(17-7-3-1-4-8-17)15-16-11-13-19(14-12-16)22-18-9-5-2-6-10-18/h1-14,20H,15,21H2. The number of rotatable bonds is 5. The molecule has 0 bridgehead atoms. The van der Waals surface area contributed by atoms with Crippen LogP contribution in [0.25, 0.3) is 0 Å². The highest BCUT2D eigenvalue weighted by molar-refractivity contribution is 5.33. The van der Waals surface area contributed by atoms with E-state index in [1.165, 1.54) is 5.56 Å². The summed E-state index contributed by atoms with van der Waals surface area (Å²) >= 11 is 0. The monoisotopic (exact) mass is 289 g/mol. The Hall–Kier alpha value is -2.58. The molecular formula is C20H19NO. The van der Waals surface area contributed by atoms with Crippen LogP contribution < -0.4 is 10.5 Å². The molecule has 2 N–H and O–H groups in total. The van der Waals surface area contributed by atoms with E-state index in [1.54, 1.807) is 0 Å². The molecule has 0 fully saturated rings. The molecule has 0 heterocycles. The molecular weight excluding hydrogens is 270 g/mol. The van der Waals surface area contributed by atoms with Gasteiger partial charge in [0.1, 0.15) is 11.5 Å². The van der Waals surface area contributed by atoms with Crippen molar-refractivity contribution < 1.29 is 4.74 Å². The summed E-state index contributed by atoms with van der Waals surface area (Å²) in [5.74, 6) is 1.68. The summed E-state index contributed by atoms with van der Waals surface area (Å²) in [4.78, 5) is 0. The lowest BCUT2D eigenvalue weighted by atomic mass is 10.00. The number of nitrogens with two attached hydrogens (primary N) is 1. The first-order valence-electron chi connectivity index (χ1n) is 7.43. The van der Waals surface area contributed by atoms with Gasteiger partial charge in [0.15, 0.2) is 0 Å². The molecule has 0 aliphatic rings. The largest absolute Gasteiger partial charge is 0.457 e. The van der Waals surface area contributed by atoms with Crippen molar-refractivity contribution in [1.82, 2.24) is 0 Å². The van der Waals surface area contributed by atoms with E-state index in [1.807, 2.05) is 60.7 Å². The highest BCUT2D eigenvalue weighted by Gasteiger charge is 2.06. The third kappa shape index (κ3) is 3.74. The minimum absolute atomic E-state index is 0.0158. The minimum atomic E-state index is 0.0158. The van der Waals surface area contributed by atoms with Gasteiger partial charge in [0.05, 0.1) is 0 Å². The number of benzene rings is 3. The third-order valence-electron chi connectivity index (χ3n) is 3.59. The topological polar surface area (TPSA) is 35.2 Å². The van der Waals surface area contributed by atoms with Crippen molar-refractivity contribution in [1.29, 1.82) is 0 Å². The Balaban J connectivity index is 1.64. The molecule has 0 spiro atoms. The van der Waals surface area contributed by atoms with Gasteiger partial charge in [-0.1, -0.05) is 60.7 Å². The van der Waals surface area contributed by atoms with E-state index >= 15 is 0 Å². The molecule has 0 saturated heterocycles. The molecule has 0 aliphatic heterocycles. The maximum Gasteiger partial charge on any atom is 0.127 e. The average molecular weight is 289 g/mol. The SMILES string of the molecule is NC(Cc1ccc(Oc2ccccc2)cc1)c1ccccc1. The summed E-state index contributed by atoms with van der Waals surface area (Å²) in [6, 6.07) is 28.1. The zero-order valence-electron chi connectivity index (χ0n) is 12.4. The highest BCUT2D eigenvalue weighted by atomic mass is 16.5. The van der Waals surface area contributed by atoms with Crippen LogP contribution in [0.2, 0.25) is 0 Å². The van der Waals surface area contributed by atoms with Crippen LogP contribution in [0.3, 0.4) is 0 Å². The minimum Gasteiger partial charge on any atom is -0.457 e. The van der Waals surface area contributed by atoms with Crippen LogP contribution >= 0.6 is 0 Å². The molecule has 0 saturated carbocycles. The van der Waals surface area contributed by atoms with E-state index in [0.717, 1.165) is 23.5 Å². The summed E-state index contributed by atoms with van der Waals surface area (Å²) in [6.07, 6.45) is 0.815. The Bertz CT molecular complexity index is 693. The number of ether oxygens (including phenoxy) is 1. The zero-order chi connectivity index (χ0) is 15.2. The third-order valence-corrected chi connectivity index (χ3v) is 3.59. The Morgan fingerprint density at radius 1 is 0.682 bits per heavy atom. The fourth-order valence-electron chi connectivity index (χ4n) is 2.39. The fourth-order valence-corrected chi connectivity index (χ4v) is 2.39. The molecule has 22 heavy (non-hydrogen) atoms. The van der Waals surface area contributed by atoms with Gasteiger partial charge < -0.3 is 10.5 Å². The Kier molecular flexibility index (Phi) is 4.52. The van der Waals surface area contributed by atoms with Crippen LogP contribution in [0.1, 0.15) is 17.2 Å². The lowest BCUT2D eigenvalue weighted by molar-refractivity contribution is 0.482. The van der Waals surface area contributed by atoms with E-state index in [-0.39, 0.29) is 6.04 Å². The first-order valence-corrected chi connectivity index (χ1v) is 7.43. The number of para-hydroxylation sites is 1. The maximum atomic E-state index is 6.26. The molecule has 110 valence electrons. The van der Waals surface area contributed by atoms with E-state index in [4.69, 9.17) is 10.5 Å². The second-order valence-corrected chi connectivity index (χ2v) is 5.28. The van der Waals surface area contributed by atoms with E-state index in [2.05, 4.69) is 24.3 Å². The van der Waals surface area contributed by atoms with Crippen LogP contribution in [0.5, 0.6) is 11.5 Å². The number of hydrogen-bond acceptors (Lipinski definition) is 2. The maximum absolute atomic E-state index is 6.26. The van der Waals surface area contributed by atoms with Crippen LogP contribution in [0.4, 0.5) is 0 Å². The molecule has 0 amide bonds. The van der Waals surface area contributed by atoms with Crippen LogP contribution in [-0.4, -0.2) is 0 Å². The van der Waals surface area contributed by atoms with Gasteiger partial charge in [0, 0.05) is 6.04 Å². The van der Waals surface area contributed by atoms with Gasteiger partial charge in [-0.25, -0.2) is 0 Å². The Morgan fingerprint density at radius 3 is 1.86 bits per heavy atom. The van der Waals surface area contributed by atoms with Crippen molar-refractivity contribution in [3.05, 3.63) is 96.1 Å². The zero-order valence-corrected chi connectivity index (χ0v) is 12.4. The molecule has 1 unspecified atom stereocenters. The normalized spacial score (nSPS) is 11.9. The lowest BCUT2D eigenvalue weighted by Gasteiger charge is -2.12. The smallest absolute Gasteiger partial charge is 0.127 e. The van der Waals surface area contributed by atoms with Gasteiger partial charge in [-0.3, -0.25) is 0 Å². The molecule has 3 aromatic carbocycles. The van der Waals surface area contributed by atoms with Gasteiger partial charge in [0.25, 0.3) is 0 Å². The molecule has 2 heteroatoms. The van der Waals surface area contributed by atoms with Crippen LogP contribution in [0, 0.1) is 0 Å². The van der Waals surface area contributed by atoms with Crippen molar-refractivity contribution in [3.8, 4) is 11.5 Å². The van der Waals surface area contributed by atoms with Gasteiger partial charge in [0.2, 0.25) is 0 Å². The second-order valence-electron chi connectivity index (χ2n) is 5.28. The van der Waals surface area contributed by atoms with E-state index in [9.17, 15) is 0 Å². The quantitative estimate of drug-likeness (QED) is 0.737. The second kappa shape index (κ2) is 6.92. The van der Waals surface area contributed by atoms with Crippen LogP contribution in [-0.2, 0) is 6.42 Å². The highest BCUT2D eigenvalue weighted by Crippen LogP contribution is 2.23. The lowest BCUT2D eigenvalue weighted by Crippen LogP contribution is -2.13. The van der Waals surface area contributed by atoms with Crippen molar-refractivity contribution in [2.24, 2.45) is 5.73 Å². The molecule has 3 rings (SSSR count). The van der Waals surface area contributed by atoms with Crippen LogP contribution in [0.15, 0.2) is 84.9 Å². The molecule has 3 aromatic rings. The van der Waals surface area contributed by atoms with Crippen molar-refractivity contribution in [2.75, 3.05) is 0 Å². The molecule has 0 radical (unpaired) electrons. The van der Waals surface area contributed by atoms with Gasteiger partial charge in [-0.05, 0) is 41.8 Å². The summed E-state index contributed by atoms with van der Waals surface area (Å²) in [5, 5.41) is 0. The van der Waals surface area contributed by atoms with E-state index in [0.29, 0.717) is 0 Å². The molecule has 0 aliphatic carbocycles. The summed E-state index contributed by atoms with van der Waals surface area (Å²) < 4.78 is 5.79. The predicted molar refractivity (Wildman–Crippen MR) is 90.0 cm³/mol. The number of hydrogen-bond donors (Lipinski definition) is 1. The summed E-state index contributed by atoms with van der Waals surface area (Å²) in [6.45, 7) is 0. The molecule has 2 nitrogen and oxygen atoms in total. The molecule has 1 atom stereocenters. The Morgan fingerprint density at radius 2 is 1.23 bits per heavy atom. The fraction of sp³-hybridized carbons (Fsp3) is 0.100. The Labute approximate surface area is 131 Å². The molecule has 0 aromatic heterocycles. The van der Waals surface area contributed by atoms with Crippen molar-refractivity contribution >= 4 is 0 Å². The first-order chi connectivity index (χ1) is 10.8. The van der Waals surface area contributed by atoms with Crippen molar-refractivity contribution in [2.45, 2.75) is 12.5 Å². The summed E-state index contributed by atoms with van der Waals surface area (Å²) in [5.41, 5.74) is 8.62. The van der Waals surface area contributed by atoms with E-state index < -0.39 is 0 Å². The van der Waals surface area contributed by atoms with Gasteiger partial charge in [-0.15, -0.1) is 0 Å².